The van der Waals surface area contributed by atoms with Gasteiger partial charge in [0.1, 0.15) is 5.60 Å². The average molecular weight is 303 g/mol. The average Bonchev–Trinajstić information content (AvgIpc) is 2.34. The number of amides is 1. The number of hydrogen-bond donors (Lipinski definition) is 0. The highest BCUT2D eigenvalue weighted by Gasteiger charge is 2.36. The summed E-state index contributed by atoms with van der Waals surface area (Å²) in [5.41, 5.74) is 0.228. The first-order valence-corrected chi connectivity index (χ1v) is 6.46. The highest BCUT2D eigenvalue weighted by atomic mass is 19.4. The standard InChI is InChI=1S/C13H16F3N3O2/c1-12(2,3)21-11(20)19-5-4-9-8(7-19)6-17-10(18-9)13(14,15)16/h6H,4-5,7H2,1-3H3. The van der Waals surface area contributed by atoms with E-state index in [0.29, 0.717) is 11.3 Å². The summed E-state index contributed by atoms with van der Waals surface area (Å²) in [4.78, 5) is 20.2. The van der Waals surface area contributed by atoms with Crippen LogP contribution in [-0.2, 0) is 23.9 Å². The van der Waals surface area contributed by atoms with E-state index in [-0.39, 0.29) is 19.5 Å². The Morgan fingerprint density at radius 1 is 1.33 bits per heavy atom. The van der Waals surface area contributed by atoms with Gasteiger partial charge in [-0.25, -0.2) is 14.8 Å². The summed E-state index contributed by atoms with van der Waals surface area (Å²) in [6.07, 6.45) is -3.67. The van der Waals surface area contributed by atoms with Gasteiger partial charge in [0, 0.05) is 24.7 Å². The molecule has 0 fully saturated rings. The van der Waals surface area contributed by atoms with Gasteiger partial charge < -0.3 is 9.64 Å². The first-order valence-electron chi connectivity index (χ1n) is 6.46. The number of ether oxygens (including phenoxy) is 1. The first-order chi connectivity index (χ1) is 9.56. The summed E-state index contributed by atoms with van der Waals surface area (Å²) in [5, 5.41) is 0. The number of hydrogen-bond acceptors (Lipinski definition) is 4. The molecule has 0 bridgehead atoms. The lowest BCUT2D eigenvalue weighted by atomic mass is 10.1. The van der Waals surface area contributed by atoms with Gasteiger partial charge in [-0.05, 0) is 20.8 Å². The normalized spacial score (nSPS) is 15.6. The third-order valence-corrected chi connectivity index (χ3v) is 2.84. The maximum absolute atomic E-state index is 12.5. The summed E-state index contributed by atoms with van der Waals surface area (Å²) in [7, 11) is 0. The molecule has 2 heterocycles. The second kappa shape index (κ2) is 5.16. The van der Waals surface area contributed by atoms with E-state index in [4.69, 9.17) is 4.74 Å². The molecule has 0 atom stereocenters. The Morgan fingerprint density at radius 2 is 2.00 bits per heavy atom. The van der Waals surface area contributed by atoms with E-state index in [1.54, 1.807) is 20.8 Å². The second-order valence-corrected chi connectivity index (χ2v) is 5.82. The van der Waals surface area contributed by atoms with E-state index < -0.39 is 23.7 Å². The Kier molecular flexibility index (Phi) is 3.81. The molecular formula is C13H16F3N3O2. The van der Waals surface area contributed by atoms with Crippen molar-refractivity contribution in [3.63, 3.8) is 0 Å². The van der Waals surface area contributed by atoms with Crippen molar-refractivity contribution in [3.8, 4) is 0 Å². The van der Waals surface area contributed by atoms with Crippen LogP contribution in [0, 0.1) is 0 Å². The van der Waals surface area contributed by atoms with Crippen molar-refractivity contribution < 1.29 is 22.7 Å². The van der Waals surface area contributed by atoms with Crippen LogP contribution < -0.4 is 0 Å². The van der Waals surface area contributed by atoms with Crippen molar-refractivity contribution in [1.82, 2.24) is 14.9 Å². The number of nitrogens with zero attached hydrogens (tertiary/aromatic N) is 3. The fourth-order valence-electron chi connectivity index (χ4n) is 1.94. The maximum atomic E-state index is 12.5. The Labute approximate surface area is 120 Å². The molecule has 1 aromatic heterocycles. The van der Waals surface area contributed by atoms with Gasteiger partial charge in [-0.2, -0.15) is 13.2 Å². The number of rotatable bonds is 0. The predicted molar refractivity (Wildman–Crippen MR) is 67.4 cm³/mol. The molecule has 0 radical (unpaired) electrons. The molecule has 0 N–H and O–H groups in total. The van der Waals surface area contributed by atoms with E-state index in [2.05, 4.69) is 9.97 Å². The van der Waals surface area contributed by atoms with Crippen LogP contribution in [0.25, 0.3) is 0 Å². The van der Waals surface area contributed by atoms with Gasteiger partial charge >= 0.3 is 12.3 Å². The van der Waals surface area contributed by atoms with Crippen LogP contribution in [0.5, 0.6) is 0 Å². The van der Waals surface area contributed by atoms with Crippen LogP contribution in [0.2, 0.25) is 0 Å². The lowest BCUT2D eigenvalue weighted by molar-refractivity contribution is -0.145. The fourth-order valence-corrected chi connectivity index (χ4v) is 1.94. The SMILES string of the molecule is CC(C)(C)OC(=O)N1CCc2nc(C(F)(F)F)ncc2C1. The Balaban J connectivity index is 2.13. The summed E-state index contributed by atoms with van der Waals surface area (Å²) < 4.78 is 42.9. The first kappa shape index (κ1) is 15.5. The molecule has 21 heavy (non-hydrogen) atoms. The van der Waals surface area contributed by atoms with Gasteiger partial charge in [0.05, 0.1) is 12.2 Å². The van der Waals surface area contributed by atoms with Crippen molar-refractivity contribution in [2.45, 2.75) is 45.5 Å². The van der Waals surface area contributed by atoms with Crippen LogP contribution in [-0.4, -0.2) is 33.1 Å². The lowest BCUT2D eigenvalue weighted by Gasteiger charge is -2.30. The predicted octanol–water partition coefficient (Wildman–Crippen LogP) is 2.79. The highest BCUT2D eigenvalue weighted by Crippen LogP contribution is 2.28. The number of carbonyl (C=O) groups excluding carboxylic acids is 1. The molecule has 8 heteroatoms. The van der Waals surface area contributed by atoms with E-state index in [1.165, 1.54) is 4.90 Å². The van der Waals surface area contributed by atoms with Crippen LogP contribution in [0.1, 0.15) is 37.9 Å². The Morgan fingerprint density at radius 3 is 2.57 bits per heavy atom. The molecule has 1 aliphatic heterocycles. The number of alkyl halides is 3. The Bertz CT molecular complexity index is 553. The van der Waals surface area contributed by atoms with Crippen molar-refractivity contribution in [2.24, 2.45) is 0 Å². The Hall–Kier alpha value is -1.86. The van der Waals surface area contributed by atoms with Crippen LogP contribution in [0.4, 0.5) is 18.0 Å². The van der Waals surface area contributed by atoms with Gasteiger partial charge in [0.2, 0.25) is 5.82 Å². The van der Waals surface area contributed by atoms with Crippen molar-refractivity contribution >= 4 is 6.09 Å². The molecule has 1 amide bonds. The molecule has 0 spiro atoms. The van der Waals surface area contributed by atoms with Crippen LogP contribution >= 0.6 is 0 Å². The van der Waals surface area contributed by atoms with Crippen LogP contribution in [0.15, 0.2) is 6.20 Å². The molecule has 2 rings (SSSR count). The summed E-state index contributed by atoms with van der Waals surface area (Å²) in [6, 6.07) is 0. The molecule has 0 aliphatic carbocycles. The van der Waals surface area contributed by atoms with Gasteiger partial charge in [-0.15, -0.1) is 0 Å². The summed E-state index contributed by atoms with van der Waals surface area (Å²) in [6.45, 7) is 5.68. The minimum Gasteiger partial charge on any atom is -0.444 e. The monoisotopic (exact) mass is 303 g/mol. The quantitative estimate of drug-likeness (QED) is 0.739. The second-order valence-electron chi connectivity index (χ2n) is 5.82. The molecule has 0 aromatic carbocycles. The van der Waals surface area contributed by atoms with Crippen molar-refractivity contribution in [3.05, 3.63) is 23.3 Å². The topological polar surface area (TPSA) is 55.3 Å². The zero-order valence-corrected chi connectivity index (χ0v) is 12.0. The van der Waals surface area contributed by atoms with Gasteiger partial charge in [-0.1, -0.05) is 0 Å². The summed E-state index contributed by atoms with van der Waals surface area (Å²) in [5.74, 6) is -1.15. The minimum atomic E-state index is -4.56. The van der Waals surface area contributed by atoms with E-state index >= 15 is 0 Å². The van der Waals surface area contributed by atoms with E-state index in [1.807, 2.05) is 0 Å². The molecular weight excluding hydrogens is 287 g/mol. The largest absolute Gasteiger partial charge is 0.451 e. The molecule has 116 valence electrons. The van der Waals surface area contributed by atoms with Gasteiger partial charge in [-0.3, -0.25) is 0 Å². The molecule has 0 saturated carbocycles. The van der Waals surface area contributed by atoms with E-state index in [9.17, 15) is 18.0 Å². The fraction of sp³-hybridized carbons (Fsp3) is 0.615. The molecule has 5 nitrogen and oxygen atoms in total. The summed E-state index contributed by atoms with van der Waals surface area (Å²) >= 11 is 0. The number of carbonyl (C=O) groups is 1. The molecule has 1 aliphatic rings. The van der Waals surface area contributed by atoms with Crippen molar-refractivity contribution in [1.29, 1.82) is 0 Å². The van der Waals surface area contributed by atoms with Gasteiger partial charge in [0.25, 0.3) is 0 Å². The van der Waals surface area contributed by atoms with Gasteiger partial charge in [0.15, 0.2) is 0 Å². The maximum Gasteiger partial charge on any atom is 0.451 e. The smallest absolute Gasteiger partial charge is 0.444 e. The highest BCUT2D eigenvalue weighted by molar-refractivity contribution is 5.68. The van der Waals surface area contributed by atoms with E-state index in [0.717, 1.165) is 6.20 Å². The third-order valence-electron chi connectivity index (χ3n) is 2.84. The lowest BCUT2D eigenvalue weighted by Crippen LogP contribution is -2.40. The number of halogens is 3. The molecule has 0 saturated heterocycles. The zero-order valence-electron chi connectivity index (χ0n) is 12.0. The van der Waals surface area contributed by atoms with Crippen molar-refractivity contribution in [2.75, 3.05) is 6.54 Å². The zero-order chi connectivity index (χ0) is 15.8. The molecule has 1 aromatic rings. The number of fused-ring (bicyclic) bond motifs is 1. The third kappa shape index (κ3) is 3.83. The van der Waals surface area contributed by atoms with Crippen LogP contribution in [0.3, 0.4) is 0 Å². The number of aromatic nitrogens is 2. The minimum absolute atomic E-state index is 0.155. The molecule has 0 unspecified atom stereocenters.